The maximum Gasteiger partial charge on any atom is 0.253 e. The summed E-state index contributed by atoms with van der Waals surface area (Å²) in [5, 5.41) is 0. The topological polar surface area (TPSA) is 36.0 Å². The van der Waals surface area contributed by atoms with E-state index >= 15 is 0 Å². The zero-order valence-electron chi connectivity index (χ0n) is 13.7. The molecule has 2 saturated heterocycles. The third-order valence-electron chi connectivity index (χ3n) is 4.66. The fourth-order valence-corrected chi connectivity index (χ4v) is 3.30. The summed E-state index contributed by atoms with van der Waals surface area (Å²) in [4.78, 5) is 19.2. The lowest BCUT2D eigenvalue weighted by Crippen LogP contribution is -2.44. The molecule has 2 fully saturated rings. The third kappa shape index (κ3) is 3.10. The highest BCUT2D eigenvalue weighted by Gasteiger charge is 2.33. The number of amides is 1. The number of hydrogen-bond acceptors (Lipinski definition) is 4. The number of likely N-dealkylation sites (N-methyl/N-ethyl adjacent to an activating group) is 1. The molecule has 5 nitrogen and oxygen atoms in total. The molecule has 0 N–H and O–H groups in total. The van der Waals surface area contributed by atoms with Gasteiger partial charge in [-0.15, -0.1) is 0 Å². The van der Waals surface area contributed by atoms with E-state index in [1.165, 1.54) is 0 Å². The van der Waals surface area contributed by atoms with Gasteiger partial charge in [-0.3, -0.25) is 9.69 Å². The number of rotatable bonds is 2. The van der Waals surface area contributed by atoms with Crippen LogP contribution in [0.2, 0.25) is 0 Å². The fraction of sp³-hybridized carbons (Fsp3) is 0.588. The van der Waals surface area contributed by atoms with Crippen molar-refractivity contribution in [2.24, 2.45) is 5.92 Å². The Balaban J connectivity index is 1.76. The molecule has 0 radical (unpaired) electrons. The Morgan fingerprint density at radius 3 is 2.55 bits per heavy atom. The summed E-state index contributed by atoms with van der Waals surface area (Å²) in [6, 6.07) is 8.16. The first kappa shape index (κ1) is 15.3. The van der Waals surface area contributed by atoms with E-state index in [1.54, 1.807) is 0 Å². The van der Waals surface area contributed by atoms with Crippen LogP contribution < -0.4 is 4.90 Å². The van der Waals surface area contributed by atoms with E-state index < -0.39 is 0 Å². The lowest BCUT2D eigenvalue weighted by atomic mass is 10.1. The van der Waals surface area contributed by atoms with E-state index in [9.17, 15) is 4.79 Å². The van der Waals surface area contributed by atoms with Crippen LogP contribution in [-0.2, 0) is 4.74 Å². The minimum atomic E-state index is 0.137. The Kier molecular flexibility index (Phi) is 4.36. The largest absolute Gasteiger partial charge is 0.379 e. The Labute approximate surface area is 132 Å². The first-order valence-corrected chi connectivity index (χ1v) is 7.89. The summed E-state index contributed by atoms with van der Waals surface area (Å²) < 4.78 is 5.72. The van der Waals surface area contributed by atoms with Crippen LogP contribution in [0.4, 0.5) is 5.69 Å². The van der Waals surface area contributed by atoms with Crippen molar-refractivity contribution >= 4 is 11.6 Å². The van der Waals surface area contributed by atoms with Gasteiger partial charge in [0.25, 0.3) is 5.91 Å². The zero-order chi connectivity index (χ0) is 15.7. The third-order valence-corrected chi connectivity index (χ3v) is 4.66. The second-order valence-electron chi connectivity index (χ2n) is 6.65. The first-order valence-electron chi connectivity index (χ1n) is 7.89. The van der Waals surface area contributed by atoms with Crippen LogP contribution in [0, 0.1) is 5.92 Å². The van der Waals surface area contributed by atoms with Gasteiger partial charge in [0.05, 0.1) is 19.3 Å². The Bertz CT molecular complexity index is 529. The standard InChI is InChI=1S/C17H25N3O2/c1-18(2)15-6-4-14(5-7-15)17(21)20-9-13-8-19(3)16(10-20)12-22-11-13/h4-7,13,16H,8-12H2,1-3H3/t13-,16+/m1/s1. The minimum absolute atomic E-state index is 0.137. The number of carbonyl (C=O) groups is 1. The number of carbonyl (C=O) groups excluding carboxylic acids is 1. The van der Waals surface area contributed by atoms with Crippen molar-refractivity contribution in [1.82, 2.24) is 9.80 Å². The molecule has 2 heterocycles. The molecule has 1 amide bonds. The van der Waals surface area contributed by atoms with Gasteiger partial charge in [0, 0.05) is 50.9 Å². The van der Waals surface area contributed by atoms with Crippen LogP contribution in [-0.4, -0.2) is 75.7 Å². The molecule has 1 aromatic carbocycles. The van der Waals surface area contributed by atoms with E-state index in [1.807, 2.05) is 48.2 Å². The van der Waals surface area contributed by atoms with Crippen molar-refractivity contribution in [2.45, 2.75) is 6.04 Å². The summed E-state index contributed by atoms with van der Waals surface area (Å²) in [5.74, 6) is 0.542. The molecule has 0 aromatic heterocycles. The predicted octanol–water partition coefficient (Wildman–Crippen LogP) is 1.16. The molecular formula is C17H25N3O2. The van der Waals surface area contributed by atoms with Gasteiger partial charge in [-0.25, -0.2) is 0 Å². The van der Waals surface area contributed by atoms with Crippen molar-refractivity contribution in [3.8, 4) is 0 Å². The van der Waals surface area contributed by atoms with Gasteiger partial charge in [-0.05, 0) is 31.3 Å². The number of nitrogens with zero attached hydrogens (tertiary/aromatic N) is 3. The number of hydrogen-bond donors (Lipinski definition) is 0. The lowest BCUT2D eigenvalue weighted by Gasteiger charge is -2.30. The molecule has 22 heavy (non-hydrogen) atoms. The van der Waals surface area contributed by atoms with Crippen LogP contribution in [0.1, 0.15) is 10.4 Å². The highest BCUT2D eigenvalue weighted by molar-refractivity contribution is 5.94. The van der Waals surface area contributed by atoms with Crippen LogP contribution in [0.3, 0.4) is 0 Å². The van der Waals surface area contributed by atoms with Gasteiger partial charge in [0.1, 0.15) is 0 Å². The molecule has 0 spiro atoms. The number of anilines is 1. The lowest BCUT2D eigenvalue weighted by molar-refractivity contribution is 0.0434. The smallest absolute Gasteiger partial charge is 0.253 e. The number of ether oxygens (including phenoxy) is 1. The fourth-order valence-electron chi connectivity index (χ4n) is 3.30. The predicted molar refractivity (Wildman–Crippen MR) is 87.4 cm³/mol. The molecule has 0 saturated carbocycles. The zero-order valence-corrected chi connectivity index (χ0v) is 13.7. The quantitative estimate of drug-likeness (QED) is 0.821. The second kappa shape index (κ2) is 6.26. The number of benzene rings is 1. The SMILES string of the molecule is CN(C)c1ccc(C(=O)N2C[C@@H]3COC[C@H](C2)N(C)C3)cc1. The van der Waals surface area contributed by atoms with Crippen molar-refractivity contribution in [3.05, 3.63) is 29.8 Å². The van der Waals surface area contributed by atoms with Crippen molar-refractivity contribution in [2.75, 3.05) is 58.9 Å². The molecule has 0 aliphatic carbocycles. The molecule has 3 rings (SSSR count). The van der Waals surface area contributed by atoms with Crippen LogP contribution >= 0.6 is 0 Å². The Hall–Kier alpha value is -1.59. The molecular weight excluding hydrogens is 278 g/mol. The molecule has 5 heteroatoms. The minimum Gasteiger partial charge on any atom is -0.379 e. The Morgan fingerprint density at radius 1 is 1.14 bits per heavy atom. The summed E-state index contributed by atoms with van der Waals surface area (Å²) in [7, 11) is 6.14. The average Bonchev–Trinajstić information content (AvgIpc) is 2.75. The maximum atomic E-state index is 12.8. The summed E-state index contributed by atoms with van der Waals surface area (Å²) in [6.07, 6.45) is 0. The molecule has 2 aliphatic heterocycles. The van der Waals surface area contributed by atoms with Gasteiger partial charge in [-0.1, -0.05) is 0 Å². The van der Waals surface area contributed by atoms with Gasteiger partial charge >= 0.3 is 0 Å². The monoisotopic (exact) mass is 303 g/mol. The van der Waals surface area contributed by atoms with Crippen molar-refractivity contribution < 1.29 is 9.53 Å². The van der Waals surface area contributed by atoms with E-state index in [0.29, 0.717) is 12.0 Å². The van der Waals surface area contributed by atoms with Gasteiger partial charge in [0.2, 0.25) is 0 Å². The maximum absolute atomic E-state index is 12.8. The molecule has 2 aliphatic rings. The first-order chi connectivity index (χ1) is 10.5. The molecule has 120 valence electrons. The van der Waals surface area contributed by atoms with E-state index in [4.69, 9.17) is 4.74 Å². The van der Waals surface area contributed by atoms with Crippen LogP contribution in [0.25, 0.3) is 0 Å². The van der Waals surface area contributed by atoms with E-state index in [0.717, 1.165) is 44.1 Å². The van der Waals surface area contributed by atoms with Gasteiger partial charge < -0.3 is 14.5 Å². The van der Waals surface area contributed by atoms with Crippen LogP contribution in [0.15, 0.2) is 24.3 Å². The molecule has 2 bridgehead atoms. The summed E-state index contributed by atoms with van der Waals surface area (Å²) in [5.41, 5.74) is 1.88. The van der Waals surface area contributed by atoms with Crippen molar-refractivity contribution in [1.29, 1.82) is 0 Å². The molecule has 2 atom stereocenters. The van der Waals surface area contributed by atoms with Gasteiger partial charge in [-0.2, -0.15) is 0 Å². The normalized spacial score (nSPS) is 25.7. The molecule has 0 unspecified atom stereocenters. The van der Waals surface area contributed by atoms with E-state index in [2.05, 4.69) is 11.9 Å². The highest BCUT2D eigenvalue weighted by Crippen LogP contribution is 2.21. The van der Waals surface area contributed by atoms with Gasteiger partial charge in [0.15, 0.2) is 0 Å². The second-order valence-corrected chi connectivity index (χ2v) is 6.65. The Morgan fingerprint density at radius 2 is 1.86 bits per heavy atom. The van der Waals surface area contributed by atoms with Crippen LogP contribution in [0.5, 0.6) is 0 Å². The summed E-state index contributed by atoms with van der Waals surface area (Å²) in [6.45, 7) is 4.02. The highest BCUT2D eigenvalue weighted by atomic mass is 16.5. The summed E-state index contributed by atoms with van der Waals surface area (Å²) >= 11 is 0. The average molecular weight is 303 g/mol. The van der Waals surface area contributed by atoms with E-state index in [-0.39, 0.29) is 5.91 Å². The molecule has 1 aromatic rings. The number of fused-ring (bicyclic) bond motifs is 3. The van der Waals surface area contributed by atoms with Crippen molar-refractivity contribution in [3.63, 3.8) is 0 Å².